The monoisotopic (exact) mass is 283 g/mol. The number of anilines is 1. The molecule has 0 aliphatic carbocycles. The van der Waals surface area contributed by atoms with Gasteiger partial charge in [-0.25, -0.2) is 4.98 Å². The van der Waals surface area contributed by atoms with Gasteiger partial charge < -0.3 is 11.1 Å². The molecule has 5 nitrogen and oxygen atoms in total. The first kappa shape index (κ1) is 15.1. The van der Waals surface area contributed by atoms with Crippen molar-refractivity contribution in [2.24, 2.45) is 10.2 Å². The number of hydrogen-bond acceptors (Lipinski definition) is 5. The zero-order chi connectivity index (χ0) is 15.1. The largest absolute Gasteiger partial charge is 0.398 e. The van der Waals surface area contributed by atoms with E-state index in [4.69, 9.17) is 11.1 Å². The van der Waals surface area contributed by atoms with Crippen LogP contribution in [0.5, 0.6) is 0 Å². The van der Waals surface area contributed by atoms with Crippen molar-refractivity contribution < 1.29 is 0 Å². The second kappa shape index (κ2) is 7.47. The van der Waals surface area contributed by atoms with E-state index in [1.54, 1.807) is 6.07 Å². The molecule has 1 aromatic heterocycles. The van der Waals surface area contributed by atoms with E-state index >= 15 is 0 Å². The van der Waals surface area contributed by atoms with Crippen LogP contribution in [-0.2, 0) is 0 Å². The minimum atomic E-state index is 0.537. The van der Waals surface area contributed by atoms with E-state index in [0.717, 1.165) is 42.3 Å². The summed E-state index contributed by atoms with van der Waals surface area (Å²) in [5, 5.41) is 16.9. The molecule has 0 aliphatic heterocycles. The number of aromatic nitrogens is 1. The summed E-state index contributed by atoms with van der Waals surface area (Å²) >= 11 is 0. The highest BCUT2D eigenvalue weighted by molar-refractivity contribution is 5.91. The number of benzene rings is 1. The standard InChI is InChI=1S/C16H21N5/c1-2-6-12(17)7-5-10-19-21-16-11-14(18)13-8-3-4-9-15(13)20-16/h3-4,8-9,11,17H,2,5-7,10H2,1H3,(H2,18,20). The van der Waals surface area contributed by atoms with Gasteiger partial charge in [0.05, 0.1) is 12.1 Å². The predicted octanol–water partition coefficient (Wildman–Crippen LogP) is 4.50. The van der Waals surface area contributed by atoms with Gasteiger partial charge in [0.15, 0.2) is 5.82 Å². The number of azo groups is 1. The molecule has 0 bridgehead atoms. The summed E-state index contributed by atoms with van der Waals surface area (Å²) in [7, 11) is 0. The van der Waals surface area contributed by atoms with E-state index in [2.05, 4.69) is 22.1 Å². The number of pyridine rings is 1. The second-order valence-corrected chi connectivity index (χ2v) is 5.01. The normalized spacial score (nSPS) is 11.3. The average molecular weight is 283 g/mol. The molecule has 2 rings (SSSR count). The van der Waals surface area contributed by atoms with Crippen molar-refractivity contribution in [3.05, 3.63) is 30.3 Å². The number of para-hydroxylation sites is 1. The molecule has 0 radical (unpaired) electrons. The predicted molar refractivity (Wildman–Crippen MR) is 87.4 cm³/mol. The van der Waals surface area contributed by atoms with Gasteiger partial charge in [-0.15, -0.1) is 5.11 Å². The van der Waals surface area contributed by atoms with Crippen LogP contribution in [0.2, 0.25) is 0 Å². The lowest BCUT2D eigenvalue weighted by Gasteiger charge is -2.02. The second-order valence-electron chi connectivity index (χ2n) is 5.01. The number of nitrogens with zero attached hydrogens (tertiary/aromatic N) is 3. The van der Waals surface area contributed by atoms with Crippen molar-refractivity contribution in [2.75, 3.05) is 12.3 Å². The van der Waals surface area contributed by atoms with Crippen LogP contribution in [-0.4, -0.2) is 17.2 Å². The minimum absolute atomic E-state index is 0.537. The first-order chi connectivity index (χ1) is 10.2. The van der Waals surface area contributed by atoms with Gasteiger partial charge in [-0.2, -0.15) is 5.11 Å². The number of nitrogens with one attached hydrogen (secondary N) is 1. The molecule has 5 heteroatoms. The highest BCUT2D eigenvalue weighted by Crippen LogP contribution is 2.24. The molecule has 2 aromatic rings. The van der Waals surface area contributed by atoms with Crippen LogP contribution in [0, 0.1) is 5.41 Å². The maximum absolute atomic E-state index is 7.71. The Kier molecular flexibility index (Phi) is 5.37. The van der Waals surface area contributed by atoms with Gasteiger partial charge in [0, 0.05) is 22.9 Å². The summed E-state index contributed by atoms with van der Waals surface area (Å²) in [6.45, 7) is 2.70. The maximum atomic E-state index is 7.71. The first-order valence-electron chi connectivity index (χ1n) is 7.29. The van der Waals surface area contributed by atoms with Crippen molar-refractivity contribution >= 4 is 28.1 Å². The molecule has 0 amide bonds. The summed E-state index contributed by atoms with van der Waals surface area (Å²) < 4.78 is 0. The fourth-order valence-electron chi connectivity index (χ4n) is 2.15. The van der Waals surface area contributed by atoms with E-state index in [1.807, 2.05) is 24.3 Å². The van der Waals surface area contributed by atoms with E-state index in [9.17, 15) is 0 Å². The third-order valence-electron chi connectivity index (χ3n) is 3.20. The average Bonchev–Trinajstić information content (AvgIpc) is 2.47. The summed E-state index contributed by atoms with van der Waals surface area (Å²) in [5.41, 5.74) is 8.28. The van der Waals surface area contributed by atoms with Crippen molar-refractivity contribution in [3.63, 3.8) is 0 Å². The molecule has 0 atom stereocenters. The lowest BCUT2D eigenvalue weighted by molar-refractivity contribution is 0.813. The first-order valence-corrected chi connectivity index (χ1v) is 7.29. The number of nitrogen functional groups attached to an aromatic ring is 1. The molecular formula is C16H21N5. The quantitative estimate of drug-likeness (QED) is 0.445. The zero-order valence-electron chi connectivity index (χ0n) is 12.3. The third-order valence-corrected chi connectivity index (χ3v) is 3.20. The van der Waals surface area contributed by atoms with E-state index in [1.165, 1.54) is 0 Å². The van der Waals surface area contributed by atoms with Crippen molar-refractivity contribution in [1.82, 2.24) is 4.98 Å². The summed E-state index contributed by atoms with van der Waals surface area (Å²) in [4.78, 5) is 4.42. The minimum Gasteiger partial charge on any atom is -0.398 e. The molecule has 0 saturated carbocycles. The molecule has 0 fully saturated rings. The summed E-state index contributed by atoms with van der Waals surface area (Å²) in [5.74, 6) is 0.537. The fraction of sp³-hybridized carbons (Fsp3) is 0.375. The van der Waals surface area contributed by atoms with Crippen LogP contribution in [0.3, 0.4) is 0 Å². The smallest absolute Gasteiger partial charge is 0.176 e. The van der Waals surface area contributed by atoms with Crippen LogP contribution < -0.4 is 5.73 Å². The fourth-order valence-corrected chi connectivity index (χ4v) is 2.15. The van der Waals surface area contributed by atoms with E-state index < -0.39 is 0 Å². The highest BCUT2D eigenvalue weighted by Gasteiger charge is 2.01. The Morgan fingerprint density at radius 3 is 2.90 bits per heavy atom. The molecule has 1 aromatic carbocycles. The Bertz CT molecular complexity index is 648. The van der Waals surface area contributed by atoms with E-state index in [0.29, 0.717) is 18.1 Å². The molecule has 0 saturated heterocycles. The Morgan fingerprint density at radius 2 is 2.10 bits per heavy atom. The molecule has 21 heavy (non-hydrogen) atoms. The van der Waals surface area contributed by atoms with Gasteiger partial charge in [0.25, 0.3) is 0 Å². The van der Waals surface area contributed by atoms with Gasteiger partial charge >= 0.3 is 0 Å². The number of fused-ring (bicyclic) bond motifs is 1. The topological polar surface area (TPSA) is 87.5 Å². The van der Waals surface area contributed by atoms with Crippen LogP contribution in [0.15, 0.2) is 40.6 Å². The maximum Gasteiger partial charge on any atom is 0.176 e. The number of nitrogens with two attached hydrogens (primary N) is 1. The number of hydrogen-bond donors (Lipinski definition) is 2. The van der Waals surface area contributed by atoms with Gasteiger partial charge in [-0.05, 0) is 25.3 Å². The zero-order valence-corrected chi connectivity index (χ0v) is 12.3. The Balaban J connectivity index is 1.94. The van der Waals surface area contributed by atoms with Gasteiger partial charge in [0.1, 0.15) is 0 Å². The van der Waals surface area contributed by atoms with Crippen molar-refractivity contribution in [3.8, 4) is 0 Å². The Hall–Kier alpha value is -2.30. The highest BCUT2D eigenvalue weighted by atomic mass is 15.1. The summed E-state index contributed by atoms with van der Waals surface area (Å²) in [6, 6.07) is 9.46. The van der Waals surface area contributed by atoms with Crippen LogP contribution >= 0.6 is 0 Å². The third kappa shape index (κ3) is 4.34. The SMILES string of the molecule is CCCC(=N)CCCN=Nc1cc(N)c2ccccc2n1. The van der Waals surface area contributed by atoms with Crippen molar-refractivity contribution in [2.45, 2.75) is 32.6 Å². The molecule has 110 valence electrons. The van der Waals surface area contributed by atoms with Crippen LogP contribution in [0.25, 0.3) is 10.9 Å². The lowest BCUT2D eigenvalue weighted by Crippen LogP contribution is -1.96. The Labute approximate surface area is 124 Å². The van der Waals surface area contributed by atoms with Gasteiger partial charge in [-0.1, -0.05) is 31.5 Å². The molecule has 0 spiro atoms. The number of rotatable bonds is 7. The molecule has 3 N–H and O–H groups in total. The lowest BCUT2D eigenvalue weighted by atomic mass is 10.1. The summed E-state index contributed by atoms with van der Waals surface area (Å²) in [6.07, 6.45) is 3.55. The Morgan fingerprint density at radius 1 is 1.29 bits per heavy atom. The van der Waals surface area contributed by atoms with E-state index in [-0.39, 0.29) is 0 Å². The van der Waals surface area contributed by atoms with Crippen LogP contribution in [0.1, 0.15) is 32.6 Å². The van der Waals surface area contributed by atoms with Crippen molar-refractivity contribution in [1.29, 1.82) is 5.41 Å². The molecular weight excluding hydrogens is 262 g/mol. The molecule has 1 heterocycles. The van der Waals surface area contributed by atoms with Crippen LogP contribution in [0.4, 0.5) is 11.5 Å². The van der Waals surface area contributed by atoms with Gasteiger partial charge in [0.2, 0.25) is 0 Å². The van der Waals surface area contributed by atoms with Gasteiger partial charge in [-0.3, -0.25) is 0 Å². The molecule has 0 aliphatic rings. The molecule has 0 unspecified atom stereocenters.